The summed E-state index contributed by atoms with van der Waals surface area (Å²) in [7, 11) is 0. The molecule has 0 fully saturated rings. The summed E-state index contributed by atoms with van der Waals surface area (Å²) in [6, 6.07) is -0.925. The van der Waals surface area contributed by atoms with E-state index in [1.807, 2.05) is 0 Å². The van der Waals surface area contributed by atoms with Gasteiger partial charge in [0.2, 0.25) is 0 Å². The number of aromatic nitrogens is 4. The number of carboxylic acids is 1. The van der Waals surface area contributed by atoms with Crippen LogP contribution in [0.25, 0.3) is 0 Å². The molecule has 0 aromatic carbocycles. The van der Waals surface area contributed by atoms with Gasteiger partial charge in [0.15, 0.2) is 0 Å². The normalized spacial score (nSPS) is 12.6. The van der Waals surface area contributed by atoms with Gasteiger partial charge in [0.25, 0.3) is 0 Å². The van der Waals surface area contributed by atoms with Crippen molar-refractivity contribution in [3.63, 3.8) is 0 Å². The number of hydrogen-bond acceptors (Lipinski definition) is 4. The van der Waals surface area contributed by atoms with Crippen molar-refractivity contribution in [2.75, 3.05) is 0 Å². The zero-order valence-electron chi connectivity index (χ0n) is 8.39. The lowest BCUT2D eigenvalue weighted by molar-refractivity contribution is -0.138. The van der Waals surface area contributed by atoms with Crippen LogP contribution in [0.1, 0.15) is 5.69 Å². The average molecular weight is 221 g/mol. The fraction of sp³-hybridized carbons (Fsp3) is 0.222. The summed E-state index contributed by atoms with van der Waals surface area (Å²) in [5, 5.41) is 8.66. The fourth-order valence-electron chi connectivity index (χ4n) is 1.29. The molecule has 7 heteroatoms. The van der Waals surface area contributed by atoms with Crippen LogP contribution in [0.2, 0.25) is 0 Å². The molecule has 16 heavy (non-hydrogen) atoms. The molecule has 3 N–H and O–H groups in total. The second kappa shape index (κ2) is 4.15. The van der Waals surface area contributed by atoms with Gasteiger partial charge in [0.05, 0.1) is 11.9 Å². The fourth-order valence-corrected chi connectivity index (χ4v) is 1.29. The Morgan fingerprint density at radius 2 is 2.31 bits per heavy atom. The minimum Gasteiger partial charge on any atom is -0.480 e. The van der Waals surface area contributed by atoms with Crippen LogP contribution < -0.4 is 5.73 Å². The van der Waals surface area contributed by atoms with Gasteiger partial charge >= 0.3 is 5.97 Å². The molecular formula is C9H11N5O2. The SMILES string of the molecule is N[C@@H](Cc1cn(-n2ccnc2)cn1)C(=O)O. The molecule has 0 amide bonds. The smallest absolute Gasteiger partial charge is 0.320 e. The predicted molar refractivity (Wildman–Crippen MR) is 54.6 cm³/mol. The molecule has 7 nitrogen and oxygen atoms in total. The molecule has 0 radical (unpaired) electrons. The van der Waals surface area contributed by atoms with Gasteiger partial charge in [-0.2, -0.15) is 0 Å². The maximum absolute atomic E-state index is 10.6. The van der Waals surface area contributed by atoms with E-state index in [0.29, 0.717) is 5.69 Å². The molecule has 0 aliphatic carbocycles. The Kier molecular flexibility index (Phi) is 2.69. The first-order valence-corrected chi connectivity index (χ1v) is 4.66. The molecule has 84 valence electrons. The number of carbonyl (C=O) groups is 1. The third-order valence-corrected chi connectivity index (χ3v) is 2.13. The first-order chi connectivity index (χ1) is 7.66. The van der Waals surface area contributed by atoms with Crippen molar-refractivity contribution in [2.24, 2.45) is 5.73 Å². The van der Waals surface area contributed by atoms with Crippen LogP contribution in [0.3, 0.4) is 0 Å². The van der Waals surface area contributed by atoms with E-state index in [9.17, 15) is 4.79 Å². The lowest BCUT2D eigenvalue weighted by Gasteiger charge is -2.02. The molecule has 0 bridgehead atoms. The summed E-state index contributed by atoms with van der Waals surface area (Å²) in [6.07, 6.45) is 8.50. The van der Waals surface area contributed by atoms with Gasteiger partial charge < -0.3 is 10.8 Å². The van der Waals surface area contributed by atoms with E-state index in [2.05, 4.69) is 9.97 Å². The number of nitrogens with zero attached hydrogens (tertiary/aromatic N) is 4. The van der Waals surface area contributed by atoms with Gasteiger partial charge in [0, 0.05) is 18.8 Å². The maximum atomic E-state index is 10.6. The van der Waals surface area contributed by atoms with Gasteiger partial charge in [-0.25, -0.2) is 19.3 Å². The third-order valence-electron chi connectivity index (χ3n) is 2.13. The van der Waals surface area contributed by atoms with Crippen molar-refractivity contribution in [2.45, 2.75) is 12.5 Å². The van der Waals surface area contributed by atoms with E-state index in [1.54, 1.807) is 40.6 Å². The Morgan fingerprint density at radius 3 is 2.94 bits per heavy atom. The highest BCUT2D eigenvalue weighted by Crippen LogP contribution is 2.00. The highest BCUT2D eigenvalue weighted by atomic mass is 16.4. The van der Waals surface area contributed by atoms with Gasteiger partial charge in [-0.3, -0.25) is 4.79 Å². The highest BCUT2D eigenvalue weighted by Gasteiger charge is 2.13. The molecule has 2 rings (SSSR count). The second-order valence-electron chi connectivity index (χ2n) is 3.34. The standard InChI is InChI=1S/C9H11N5O2/c10-8(9(15)16)3-7-4-14(6-12-7)13-2-1-11-5-13/h1-2,4-6,8H,3,10H2,(H,15,16)/t8-/m0/s1. The topological polar surface area (TPSA) is 99.0 Å². The highest BCUT2D eigenvalue weighted by molar-refractivity contribution is 5.73. The Balaban J connectivity index is 2.11. The molecular weight excluding hydrogens is 210 g/mol. The second-order valence-corrected chi connectivity index (χ2v) is 3.34. The van der Waals surface area contributed by atoms with E-state index in [1.165, 1.54) is 0 Å². The van der Waals surface area contributed by atoms with Crippen LogP contribution in [0.15, 0.2) is 31.2 Å². The molecule has 2 heterocycles. The van der Waals surface area contributed by atoms with Crippen molar-refractivity contribution in [1.29, 1.82) is 0 Å². The predicted octanol–water partition coefficient (Wildman–Crippen LogP) is -0.655. The van der Waals surface area contributed by atoms with E-state index in [4.69, 9.17) is 10.8 Å². The van der Waals surface area contributed by atoms with Gasteiger partial charge in [-0.1, -0.05) is 0 Å². The maximum Gasteiger partial charge on any atom is 0.320 e. The Bertz CT molecular complexity index is 476. The Labute approximate surface area is 91.1 Å². The molecule has 0 aliphatic rings. The molecule has 0 aliphatic heterocycles. The van der Waals surface area contributed by atoms with Crippen molar-refractivity contribution in [1.82, 2.24) is 19.3 Å². The quantitative estimate of drug-likeness (QED) is 0.714. The lowest BCUT2D eigenvalue weighted by Crippen LogP contribution is -2.32. The summed E-state index contributed by atoms with van der Waals surface area (Å²) in [5.41, 5.74) is 6.04. The largest absolute Gasteiger partial charge is 0.480 e. The van der Waals surface area contributed by atoms with Crippen LogP contribution in [0.5, 0.6) is 0 Å². The molecule has 0 spiro atoms. The first kappa shape index (κ1) is 10.4. The number of nitrogens with two attached hydrogens (primary N) is 1. The Morgan fingerprint density at radius 1 is 1.50 bits per heavy atom. The molecule has 2 aromatic rings. The molecule has 2 aromatic heterocycles. The minimum atomic E-state index is -1.03. The van der Waals surface area contributed by atoms with Gasteiger partial charge in [0.1, 0.15) is 18.7 Å². The van der Waals surface area contributed by atoms with Gasteiger partial charge in [-0.15, -0.1) is 0 Å². The molecule has 1 atom stereocenters. The van der Waals surface area contributed by atoms with Crippen molar-refractivity contribution in [3.05, 3.63) is 36.9 Å². The summed E-state index contributed by atoms with van der Waals surface area (Å²) < 4.78 is 3.40. The number of imidazole rings is 2. The minimum absolute atomic E-state index is 0.205. The summed E-state index contributed by atoms with van der Waals surface area (Å²) >= 11 is 0. The number of carboxylic acid groups (broad SMARTS) is 1. The zero-order valence-corrected chi connectivity index (χ0v) is 8.39. The van der Waals surface area contributed by atoms with Crippen LogP contribution in [-0.4, -0.2) is 36.4 Å². The van der Waals surface area contributed by atoms with E-state index in [0.717, 1.165) is 0 Å². The zero-order chi connectivity index (χ0) is 11.5. The Hall–Kier alpha value is -2.15. The molecule has 0 saturated carbocycles. The van der Waals surface area contributed by atoms with E-state index < -0.39 is 12.0 Å². The van der Waals surface area contributed by atoms with Crippen LogP contribution >= 0.6 is 0 Å². The van der Waals surface area contributed by atoms with E-state index in [-0.39, 0.29) is 6.42 Å². The lowest BCUT2D eigenvalue weighted by atomic mass is 10.2. The first-order valence-electron chi connectivity index (χ1n) is 4.66. The van der Waals surface area contributed by atoms with Crippen LogP contribution in [0, 0.1) is 0 Å². The van der Waals surface area contributed by atoms with E-state index >= 15 is 0 Å². The van der Waals surface area contributed by atoms with Crippen molar-refractivity contribution in [3.8, 4) is 0 Å². The monoisotopic (exact) mass is 221 g/mol. The van der Waals surface area contributed by atoms with Crippen molar-refractivity contribution < 1.29 is 9.90 Å². The van der Waals surface area contributed by atoms with Crippen LogP contribution in [-0.2, 0) is 11.2 Å². The summed E-state index contributed by atoms with van der Waals surface area (Å²) in [5.74, 6) is -1.03. The third kappa shape index (κ3) is 2.09. The van der Waals surface area contributed by atoms with Gasteiger partial charge in [-0.05, 0) is 0 Å². The summed E-state index contributed by atoms with van der Waals surface area (Å²) in [6.45, 7) is 0. The average Bonchev–Trinajstić information content (AvgIpc) is 2.85. The number of hydrogen-bond donors (Lipinski definition) is 2. The van der Waals surface area contributed by atoms with Crippen LogP contribution in [0.4, 0.5) is 0 Å². The number of aliphatic carboxylic acids is 1. The van der Waals surface area contributed by atoms with Crippen molar-refractivity contribution >= 4 is 5.97 Å². The number of rotatable bonds is 4. The molecule has 0 unspecified atom stereocenters. The molecule has 0 saturated heterocycles. The summed E-state index contributed by atoms with van der Waals surface area (Å²) in [4.78, 5) is 18.5.